The monoisotopic (exact) mass is 304 g/mol. The zero-order valence-electron chi connectivity index (χ0n) is 12.0. The van der Waals surface area contributed by atoms with Crippen LogP contribution in [-0.4, -0.2) is 35.4 Å². The number of hydrogen-bond donors (Lipinski definition) is 2. The van der Waals surface area contributed by atoms with Crippen molar-refractivity contribution in [2.45, 2.75) is 12.5 Å². The van der Waals surface area contributed by atoms with Gasteiger partial charge in [0.2, 0.25) is 0 Å². The summed E-state index contributed by atoms with van der Waals surface area (Å²) in [6, 6.07) is 7.61. The van der Waals surface area contributed by atoms with Gasteiger partial charge in [0.05, 0.1) is 6.04 Å². The fraction of sp³-hybridized carbons (Fsp3) is 0.333. The van der Waals surface area contributed by atoms with Crippen LogP contribution in [0, 0.1) is 5.82 Å². The summed E-state index contributed by atoms with van der Waals surface area (Å²) in [5.74, 6) is 0.293. The summed E-state index contributed by atoms with van der Waals surface area (Å²) in [6.45, 7) is 1.73. The molecule has 1 saturated heterocycles. The van der Waals surface area contributed by atoms with E-state index in [4.69, 9.17) is 4.74 Å². The van der Waals surface area contributed by atoms with E-state index in [1.807, 2.05) is 10.9 Å². The fourth-order valence-electron chi connectivity index (χ4n) is 2.33. The molecule has 2 aromatic rings. The number of amides is 1. The molecular formula is C15H17FN4O2. The lowest BCUT2D eigenvalue weighted by Gasteiger charge is -2.08. The molecule has 3 rings (SSSR count). The van der Waals surface area contributed by atoms with E-state index >= 15 is 0 Å². The molecule has 0 radical (unpaired) electrons. The average Bonchev–Trinajstić information content (AvgIpc) is 3.17. The van der Waals surface area contributed by atoms with E-state index in [-0.39, 0.29) is 18.3 Å². The number of hydrogen-bond acceptors (Lipinski definition) is 4. The van der Waals surface area contributed by atoms with Crippen molar-refractivity contribution in [3.8, 4) is 5.75 Å². The Bertz CT molecular complexity index is 635. The third-order valence-corrected chi connectivity index (χ3v) is 3.47. The highest BCUT2D eigenvalue weighted by Gasteiger charge is 2.17. The number of ether oxygens (including phenoxy) is 1. The highest BCUT2D eigenvalue weighted by atomic mass is 19.1. The van der Waals surface area contributed by atoms with Crippen LogP contribution in [0.15, 0.2) is 36.5 Å². The first-order valence-electron chi connectivity index (χ1n) is 7.15. The second-order valence-corrected chi connectivity index (χ2v) is 5.12. The van der Waals surface area contributed by atoms with Crippen molar-refractivity contribution in [1.82, 2.24) is 15.1 Å². The second kappa shape index (κ2) is 6.57. The smallest absolute Gasteiger partial charge is 0.263 e. The van der Waals surface area contributed by atoms with Crippen LogP contribution in [0.3, 0.4) is 0 Å². The van der Waals surface area contributed by atoms with Gasteiger partial charge in [0.15, 0.2) is 12.4 Å². The first kappa shape index (κ1) is 14.5. The summed E-state index contributed by atoms with van der Waals surface area (Å²) in [5.41, 5.74) is 0. The zero-order valence-corrected chi connectivity index (χ0v) is 12.0. The quantitative estimate of drug-likeness (QED) is 0.880. The van der Waals surface area contributed by atoms with E-state index in [2.05, 4.69) is 15.7 Å². The molecule has 2 heterocycles. The van der Waals surface area contributed by atoms with Crippen LogP contribution in [0.5, 0.6) is 5.75 Å². The summed E-state index contributed by atoms with van der Waals surface area (Å²) < 4.78 is 19.9. The standard InChI is InChI=1S/C15H17FN4O2/c16-11-1-3-13(4-2-11)22-10-15(21)18-14-6-8-20(19-14)12-5-7-17-9-12/h1-4,6,8,12,17H,5,7,9-10H2,(H,18,19,21)/t12-/m0/s1. The zero-order chi connectivity index (χ0) is 15.4. The third-order valence-electron chi connectivity index (χ3n) is 3.47. The Morgan fingerprint density at radius 1 is 1.41 bits per heavy atom. The molecule has 1 aromatic heterocycles. The average molecular weight is 304 g/mol. The van der Waals surface area contributed by atoms with Crippen molar-refractivity contribution in [1.29, 1.82) is 0 Å². The molecular weight excluding hydrogens is 287 g/mol. The van der Waals surface area contributed by atoms with E-state index < -0.39 is 0 Å². The molecule has 1 aliphatic heterocycles. The van der Waals surface area contributed by atoms with Gasteiger partial charge < -0.3 is 15.4 Å². The van der Waals surface area contributed by atoms with Crippen LogP contribution < -0.4 is 15.4 Å². The normalized spacial score (nSPS) is 17.4. The highest BCUT2D eigenvalue weighted by molar-refractivity contribution is 5.90. The van der Waals surface area contributed by atoms with Gasteiger partial charge in [-0.2, -0.15) is 5.10 Å². The Kier molecular flexibility index (Phi) is 4.34. The van der Waals surface area contributed by atoms with E-state index in [1.165, 1.54) is 24.3 Å². The maximum Gasteiger partial charge on any atom is 0.263 e. The Morgan fingerprint density at radius 2 is 2.23 bits per heavy atom. The van der Waals surface area contributed by atoms with Crippen molar-refractivity contribution in [3.63, 3.8) is 0 Å². The number of carbonyl (C=O) groups excluding carboxylic acids is 1. The maximum absolute atomic E-state index is 12.8. The predicted octanol–water partition coefficient (Wildman–Crippen LogP) is 1.57. The molecule has 1 fully saturated rings. The van der Waals surface area contributed by atoms with Crippen molar-refractivity contribution in [3.05, 3.63) is 42.3 Å². The minimum atomic E-state index is -0.344. The van der Waals surface area contributed by atoms with Crippen LogP contribution in [-0.2, 0) is 4.79 Å². The Morgan fingerprint density at radius 3 is 2.95 bits per heavy atom. The summed E-state index contributed by atoms with van der Waals surface area (Å²) >= 11 is 0. The van der Waals surface area contributed by atoms with Crippen molar-refractivity contribution in [2.75, 3.05) is 25.0 Å². The lowest BCUT2D eigenvalue weighted by atomic mass is 10.3. The number of halogens is 1. The van der Waals surface area contributed by atoms with Gasteiger partial charge in [-0.1, -0.05) is 0 Å². The molecule has 0 saturated carbocycles. The molecule has 6 nitrogen and oxygen atoms in total. The number of aromatic nitrogens is 2. The maximum atomic E-state index is 12.8. The van der Waals surface area contributed by atoms with Crippen molar-refractivity contribution in [2.24, 2.45) is 0 Å². The molecule has 7 heteroatoms. The number of nitrogens with zero attached hydrogens (tertiary/aromatic N) is 2. The minimum absolute atomic E-state index is 0.149. The first-order chi connectivity index (χ1) is 10.7. The van der Waals surface area contributed by atoms with Gasteiger partial charge >= 0.3 is 0 Å². The minimum Gasteiger partial charge on any atom is -0.484 e. The summed E-state index contributed by atoms with van der Waals surface area (Å²) in [6.07, 6.45) is 2.89. The second-order valence-electron chi connectivity index (χ2n) is 5.12. The van der Waals surface area contributed by atoms with Gasteiger partial charge in [-0.3, -0.25) is 9.48 Å². The molecule has 1 amide bonds. The van der Waals surface area contributed by atoms with Crippen LogP contribution in [0.4, 0.5) is 10.2 Å². The molecule has 0 aliphatic carbocycles. The number of anilines is 1. The number of rotatable bonds is 5. The molecule has 1 atom stereocenters. The Hall–Kier alpha value is -2.41. The van der Waals surface area contributed by atoms with E-state index in [0.29, 0.717) is 17.6 Å². The molecule has 116 valence electrons. The summed E-state index contributed by atoms with van der Waals surface area (Å²) in [4.78, 5) is 11.8. The molecule has 1 aromatic carbocycles. The first-order valence-corrected chi connectivity index (χ1v) is 7.15. The molecule has 0 bridgehead atoms. The fourth-order valence-corrected chi connectivity index (χ4v) is 2.33. The third kappa shape index (κ3) is 3.62. The van der Waals surface area contributed by atoms with Gasteiger partial charge in [-0.15, -0.1) is 0 Å². The Labute approximate surface area is 127 Å². The topological polar surface area (TPSA) is 68.2 Å². The van der Waals surface area contributed by atoms with Crippen LogP contribution >= 0.6 is 0 Å². The van der Waals surface area contributed by atoms with Crippen LogP contribution in [0.1, 0.15) is 12.5 Å². The predicted molar refractivity (Wildman–Crippen MR) is 79.3 cm³/mol. The molecule has 0 spiro atoms. The van der Waals surface area contributed by atoms with Crippen molar-refractivity contribution >= 4 is 11.7 Å². The van der Waals surface area contributed by atoms with Gasteiger partial charge in [-0.05, 0) is 37.2 Å². The largest absolute Gasteiger partial charge is 0.484 e. The summed E-state index contributed by atoms with van der Waals surface area (Å²) in [7, 11) is 0. The number of benzene rings is 1. The van der Waals surface area contributed by atoms with Gasteiger partial charge in [0, 0.05) is 18.8 Å². The SMILES string of the molecule is O=C(COc1ccc(F)cc1)Nc1ccn([C@H]2CCNC2)n1. The number of carbonyl (C=O) groups is 1. The molecule has 0 unspecified atom stereocenters. The molecule has 1 aliphatic rings. The summed E-state index contributed by atoms with van der Waals surface area (Å²) in [5, 5.41) is 10.3. The number of nitrogens with one attached hydrogen (secondary N) is 2. The van der Waals surface area contributed by atoms with E-state index in [9.17, 15) is 9.18 Å². The van der Waals surface area contributed by atoms with Crippen LogP contribution in [0.2, 0.25) is 0 Å². The van der Waals surface area contributed by atoms with Gasteiger partial charge in [0.1, 0.15) is 11.6 Å². The van der Waals surface area contributed by atoms with Crippen molar-refractivity contribution < 1.29 is 13.9 Å². The molecule has 22 heavy (non-hydrogen) atoms. The van der Waals surface area contributed by atoms with Crippen LogP contribution in [0.25, 0.3) is 0 Å². The van der Waals surface area contributed by atoms with E-state index in [0.717, 1.165) is 19.5 Å². The molecule has 2 N–H and O–H groups in total. The lowest BCUT2D eigenvalue weighted by molar-refractivity contribution is -0.118. The van der Waals surface area contributed by atoms with Gasteiger partial charge in [-0.25, -0.2) is 4.39 Å². The lowest BCUT2D eigenvalue weighted by Crippen LogP contribution is -2.21. The van der Waals surface area contributed by atoms with Gasteiger partial charge in [0.25, 0.3) is 5.91 Å². The Balaban J connectivity index is 1.50. The van der Waals surface area contributed by atoms with E-state index in [1.54, 1.807) is 6.07 Å². The highest BCUT2D eigenvalue weighted by Crippen LogP contribution is 2.16.